The Balaban J connectivity index is 5.38. The topological polar surface area (TPSA) is 205 Å². The van der Waals surface area contributed by atoms with Crippen molar-refractivity contribution in [2.24, 2.45) is 0 Å². The Labute approximate surface area is 232 Å². The van der Waals surface area contributed by atoms with Crippen LogP contribution >= 0.6 is 0 Å². The lowest BCUT2D eigenvalue weighted by molar-refractivity contribution is -0.179. The second-order valence-corrected chi connectivity index (χ2v) is 8.88. The maximum atomic E-state index is 11.9. The van der Waals surface area contributed by atoms with Crippen molar-refractivity contribution in [1.29, 1.82) is 0 Å². The molecular formula is C26H40O14. The summed E-state index contributed by atoms with van der Waals surface area (Å²) >= 11 is 0. The minimum Gasteiger partial charge on any atom is -0.460 e. The maximum absolute atomic E-state index is 11.9. The number of hydrogen-bond acceptors (Lipinski definition) is 14. The van der Waals surface area contributed by atoms with Crippen molar-refractivity contribution in [3.8, 4) is 0 Å². The Morgan fingerprint density at radius 1 is 0.650 bits per heavy atom. The van der Waals surface area contributed by atoms with Crippen LogP contribution in [0.2, 0.25) is 0 Å². The highest BCUT2D eigenvalue weighted by atomic mass is 16.6. The van der Waals surface area contributed by atoms with Crippen LogP contribution in [0.3, 0.4) is 0 Å². The fraction of sp³-hybridized carbons (Fsp3) is 0.615. The molecular weight excluding hydrogens is 536 g/mol. The van der Waals surface area contributed by atoms with Crippen molar-refractivity contribution in [1.82, 2.24) is 0 Å². The standard InChI is InChI=1S/C26H40O14/c1-15(2)24(32)38-12-18(29)9-35-21(7-27)23(37-11-20(31)14-40-26(34)17(5)6)22(8-28)36-10-19(30)13-39-25(33)16(3)4/h7,18-23,28-31H,1,3,5,8-14H2,2,4,6H3/t18?,19?,20?,21-,22+,23+/m0/s1. The molecule has 4 N–H and O–H groups in total. The van der Waals surface area contributed by atoms with Crippen molar-refractivity contribution in [3.63, 3.8) is 0 Å². The largest absolute Gasteiger partial charge is 0.460 e. The average molecular weight is 577 g/mol. The van der Waals surface area contributed by atoms with Crippen LogP contribution < -0.4 is 0 Å². The van der Waals surface area contributed by atoms with Gasteiger partial charge < -0.3 is 53.6 Å². The molecule has 228 valence electrons. The lowest BCUT2D eigenvalue weighted by atomic mass is 10.1. The van der Waals surface area contributed by atoms with Crippen LogP contribution in [0.4, 0.5) is 0 Å². The predicted octanol–water partition coefficient (Wildman–Crippen LogP) is -1.23. The van der Waals surface area contributed by atoms with Crippen LogP contribution in [-0.4, -0.2) is 127 Å². The monoisotopic (exact) mass is 576 g/mol. The molecule has 0 aliphatic carbocycles. The van der Waals surface area contributed by atoms with E-state index in [1.165, 1.54) is 20.8 Å². The van der Waals surface area contributed by atoms with Crippen molar-refractivity contribution in [3.05, 3.63) is 36.5 Å². The molecule has 0 aliphatic heterocycles. The molecule has 0 heterocycles. The average Bonchev–Trinajstić information content (AvgIpc) is 2.91. The summed E-state index contributed by atoms with van der Waals surface area (Å²) in [6.45, 7) is 10.8. The molecule has 0 aromatic rings. The molecule has 0 spiro atoms. The zero-order chi connectivity index (χ0) is 30.8. The van der Waals surface area contributed by atoms with Crippen molar-refractivity contribution in [2.75, 3.05) is 46.2 Å². The molecule has 0 amide bonds. The van der Waals surface area contributed by atoms with E-state index in [9.17, 15) is 39.6 Å². The number of rotatable bonds is 22. The van der Waals surface area contributed by atoms with Gasteiger partial charge in [-0.3, -0.25) is 0 Å². The zero-order valence-corrected chi connectivity index (χ0v) is 23.0. The van der Waals surface area contributed by atoms with Gasteiger partial charge in [0.25, 0.3) is 0 Å². The highest BCUT2D eigenvalue weighted by Gasteiger charge is 2.34. The quantitative estimate of drug-likeness (QED) is 0.0516. The number of ether oxygens (including phenoxy) is 6. The first-order valence-electron chi connectivity index (χ1n) is 12.2. The van der Waals surface area contributed by atoms with Crippen molar-refractivity contribution in [2.45, 2.75) is 57.4 Å². The van der Waals surface area contributed by atoms with Crippen LogP contribution in [0, 0.1) is 0 Å². The third-order valence-corrected chi connectivity index (χ3v) is 4.73. The Hall–Kier alpha value is -2.98. The summed E-state index contributed by atoms with van der Waals surface area (Å²) in [7, 11) is 0. The number of aliphatic hydroxyl groups excluding tert-OH is 4. The third kappa shape index (κ3) is 15.6. The van der Waals surface area contributed by atoms with Gasteiger partial charge in [-0.15, -0.1) is 0 Å². The van der Waals surface area contributed by atoms with Gasteiger partial charge in [0.15, 0.2) is 6.29 Å². The fourth-order valence-corrected chi connectivity index (χ4v) is 2.59. The molecule has 0 saturated heterocycles. The molecule has 0 bridgehead atoms. The Morgan fingerprint density at radius 2 is 1.00 bits per heavy atom. The summed E-state index contributed by atoms with van der Waals surface area (Å²) in [6.07, 6.45) is -7.98. The number of hydrogen-bond donors (Lipinski definition) is 4. The van der Waals surface area contributed by atoms with Crippen LogP contribution in [0.1, 0.15) is 20.8 Å². The predicted molar refractivity (Wildman–Crippen MR) is 138 cm³/mol. The van der Waals surface area contributed by atoms with E-state index >= 15 is 0 Å². The SMILES string of the molecule is C=C(C)C(=O)OCC(O)CO[C@H]([C@H](C=O)OCC(O)COC(=O)C(=C)C)[C@@H](CO)OCC(O)COC(=O)C(=C)C. The van der Waals surface area contributed by atoms with Gasteiger partial charge in [-0.2, -0.15) is 0 Å². The molecule has 14 heteroatoms. The summed E-state index contributed by atoms with van der Waals surface area (Å²) < 4.78 is 30.9. The minimum absolute atomic E-state index is 0.106. The van der Waals surface area contributed by atoms with E-state index in [2.05, 4.69) is 19.7 Å². The smallest absolute Gasteiger partial charge is 0.333 e. The summed E-state index contributed by atoms with van der Waals surface area (Å²) in [5.41, 5.74) is 0.332. The van der Waals surface area contributed by atoms with Crippen molar-refractivity contribution >= 4 is 24.2 Å². The Morgan fingerprint density at radius 3 is 1.32 bits per heavy atom. The summed E-state index contributed by atoms with van der Waals surface area (Å²) in [6, 6.07) is 0. The van der Waals surface area contributed by atoms with Gasteiger partial charge in [0.05, 0.1) is 26.4 Å². The third-order valence-electron chi connectivity index (χ3n) is 4.73. The number of carbonyl (C=O) groups is 4. The van der Waals surface area contributed by atoms with E-state index in [-0.39, 0.29) is 16.7 Å². The second kappa shape index (κ2) is 20.0. The van der Waals surface area contributed by atoms with E-state index in [1.54, 1.807) is 0 Å². The number of esters is 3. The molecule has 0 radical (unpaired) electrons. The van der Waals surface area contributed by atoms with E-state index in [0.717, 1.165) is 0 Å². The van der Waals surface area contributed by atoms with Crippen LogP contribution in [0.5, 0.6) is 0 Å². The first-order chi connectivity index (χ1) is 18.7. The number of aliphatic hydroxyl groups is 4. The van der Waals surface area contributed by atoms with Gasteiger partial charge in [0.2, 0.25) is 0 Å². The highest BCUT2D eigenvalue weighted by molar-refractivity contribution is 5.87. The molecule has 0 aromatic carbocycles. The molecule has 6 atom stereocenters. The number of aldehydes is 1. The molecule has 0 aliphatic rings. The summed E-state index contributed by atoms with van der Waals surface area (Å²) in [5, 5.41) is 40.2. The lowest BCUT2D eigenvalue weighted by Gasteiger charge is -2.31. The highest BCUT2D eigenvalue weighted by Crippen LogP contribution is 2.14. The van der Waals surface area contributed by atoms with Gasteiger partial charge in [-0.25, -0.2) is 14.4 Å². The maximum Gasteiger partial charge on any atom is 0.333 e. The van der Waals surface area contributed by atoms with E-state index in [0.29, 0.717) is 6.29 Å². The zero-order valence-electron chi connectivity index (χ0n) is 23.0. The molecule has 0 aromatic heterocycles. The van der Waals surface area contributed by atoms with Gasteiger partial charge in [-0.1, -0.05) is 19.7 Å². The van der Waals surface area contributed by atoms with Crippen molar-refractivity contribution < 1.29 is 68.0 Å². The minimum atomic E-state index is -1.49. The first-order valence-corrected chi connectivity index (χ1v) is 12.2. The van der Waals surface area contributed by atoms with Gasteiger partial charge in [0, 0.05) is 16.7 Å². The molecule has 0 fully saturated rings. The van der Waals surface area contributed by atoms with Crippen LogP contribution in [-0.2, 0) is 47.6 Å². The second-order valence-electron chi connectivity index (χ2n) is 8.88. The first kappa shape index (κ1) is 37.0. The van der Waals surface area contributed by atoms with Crippen LogP contribution in [0.15, 0.2) is 36.5 Å². The molecule has 3 unspecified atom stereocenters. The van der Waals surface area contributed by atoms with Gasteiger partial charge in [-0.05, 0) is 20.8 Å². The lowest BCUT2D eigenvalue weighted by Crippen LogP contribution is -2.48. The van der Waals surface area contributed by atoms with Gasteiger partial charge >= 0.3 is 17.9 Å². The molecule has 14 nitrogen and oxygen atoms in total. The van der Waals surface area contributed by atoms with Crippen LogP contribution in [0.25, 0.3) is 0 Å². The summed E-state index contributed by atoms with van der Waals surface area (Å²) in [5.74, 6) is -2.22. The van der Waals surface area contributed by atoms with Gasteiger partial charge in [0.1, 0.15) is 56.4 Å². The molecule has 0 rings (SSSR count). The van der Waals surface area contributed by atoms with E-state index in [1.807, 2.05) is 0 Å². The Bertz CT molecular complexity index is 869. The van der Waals surface area contributed by atoms with E-state index in [4.69, 9.17) is 28.4 Å². The number of carbonyl (C=O) groups excluding carboxylic acids is 4. The summed E-state index contributed by atoms with van der Waals surface area (Å²) in [4.78, 5) is 46.4. The van der Waals surface area contributed by atoms with E-state index < -0.39 is 101 Å². The fourth-order valence-electron chi connectivity index (χ4n) is 2.59. The normalized spacial score (nSPS) is 15.5. The molecule has 40 heavy (non-hydrogen) atoms. The Kier molecular flexibility index (Phi) is 18.5. The molecule has 0 saturated carbocycles.